The lowest BCUT2D eigenvalue weighted by Gasteiger charge is -2.07. The number of rotatable bonds is 7. The lowest BCUT2D eigenvalue weighted by atomic mass is 10.2. The Bertz CT molecular complexity index is 608. The maximum Gasteiger partial charge on any atom is 0.263 e. The summed E-state index contributed by atoms with van der Waals surface area (Å²) in [6.45, 7) is 2.48. The quantitative estimate of drug-likeness (QED) is 0.398. The smallest absolute Gasteiger partial charge is 0.263 e. The molecule has 0 spiro atoms. The second kappa shape index (κ2) is 9.42. The van der Waals surface area contributed by atoms with Crippen molar-refractivity contribution in [1.29, 1.82) is 5.26 Å². The molecule has 0 saturated carbocycles. The Labute approximate surface area is 134 Å². The van der Waals surface area contributed by atoms with E-state index < -0.39 is 5.91 Å². The summed E-state index contributed by atoms with van der Waals surface area (Å²) in [6.07, 6.45) is 1.32. The van der Waals surface area contributed by atoms with Crippen LogP contribution in [0.1, 0.15) is 12.5 Å². The first-order chi connectivity index (χ1) is 10.5. The molecule has 22 heavy (non-hydrogen) atoms. The summed E-state index contributed by atoms with van der Waals surface area (Å²) in [5.41, 5.74) is 0.725. The molecule has 1 aromatic carbocycles. The Morgan fingerprint density at radius 2 is 2.00 bits per heavy atom. The van der Waals surface area contributed by atoms with E-state index in [-0.39, 0.29) is 18.0 Å². The van der Waals surface area contributed by atoms with Gasteiger partial charge >= 0.3 is 0 Å². The van der Waals surface area contributed by atoms with Crippen molar-refractivity contribution in [1.82, 2.24) is 16.0 Å². The molecule has 0 fully saturated rings. The van der Waals surface area contributed by atoms with Crippen LogP contribution < -0.4 is 16.0 Å². The molecule has 116 valence electrons. The molecule has 0 radical (unpaired) electrons. The Hall–Kier alpha value is -2.52. The van der Waals surface area contributed by atoms with Crippen molar-refractivity contribution in [2.45, 2.75) is 13.5 Å². The fraction of sp³-hybridized carbons (Fsp3) is 0.267. The van der Waals surface area contributed by atoms with Crippen LogP contribution in [0.5, 0.6) is 0 Å². The van der Waals surface area contributed by atoms with Crippen LogP contribution >= 0.6 is 11.6 Å². The Morgan fingerprint density at radius 1 is 1.27 bits per heavy atom. The lowest BCUT2D eigenvalue weighted by Crippen LogP contribution is -2.29. The van der Waals surface area contributed by atoms with Gasteiger partial charge in [0.05, 0.1) is 0 Å². The van der Waals surface area contributed by atoms with Gasteiger partial charge in [-0.05, 0) is 11.6 Å². The second-order valence-electron chi connectivity index (χ2n) is 4.38. The van der Waals surface area contributed by atoms with E-state index in [4.69, 9.17) is 16.9 Å². The lowest BCUT2D eigenvalue weighted by molar-refractivity contribution is -0.119. The van der Waals surface area contributed by atoms with Crippen LogP contribution in [0.4, 0.5) is 0 Å². The number of hydrogen-bond acceptors (Lipinski definition) is 4. The summed E-state index contributed by atoms with van der Waals surface area (Å²) in [5, 5.41) is 17.5. The van der Waals surface area contributed by atoms with Crippen LogP contribution in [0, 0.1) is 11.3 Å². The maximum atomic E-state index is 11.9. The van der Waals surface area contributed by atoms with Gasteiger partial charge in [-0.25, -0.2) is 0 Å². The molecule has 0 aliphatic rings. The molecule has 0 aliphatic heterocycles. The number of benzene rings is 1. The van der Waals surface area contributed by atoms with Crippen molar-refractivity contribution < 1.29 is 9.59 Å². The zero-order valence-electron chi connectivity index (χ0n) is 12.1. The normalized spacial score (nSPS) is 10.5. The van der Waals surface area contributed by atoms with Crippen molar-refractivity contribution in [3.05, 3.63) is 46.6 Å². The van der Waals surface area contributed by atoms with Crippen molar-refractivity contribution in [3.8, 4) is 6.07 Å². The largest absolute Gasteiger partial charge is 0.388 e. The first kappa shape index (κ1) is 17.5. The van der Waals surface area contributed by atoms with Crippen molar-refractivity contribution >= 4 is 23.4 Å². The first-order valence-electron chi connectivity index (χ1n) is 6.64. The van der Waals surface area contributed by atoms with Gasteiger partial charge in [0, 0.05) is 37.8 Å². The Morgan fingerprint density at radius 3 is 2.64 bits per heavy atom. The highest BCUT2D eigenvalue weighted by Gasteiger charge is 2.09. The molecular weight excluding hydrogens is 304 g/mol. The van der Waals surface area contributed by atoms with E-state index in [1.54, 1.807) is 18.2 Å². The third kappa shape index (κ3) is 6.29. The van der Waals surface area contributed by atoms with E-state index in [2.05, 4.69) is 16.0 Å². The number of amides is 2. The minimum atomic E-state index is -0.491. The van der Waals surface area contributed by atoms with Gasteiger partial charge in [0.1, 0.15) is 11.6 Å². The van der Waals surface area contributed by atoms with Crippen LogP contribution in [-0.2, 0) is 16.1 Å². The summed E-state index contributed by atoms with van der Waals surface area (Å²) in [5.74, 6) is -0.627. The molecule has 0 unspecified atom stereocenters. The number of nitrogens with one attached hydrogen (secondary N) is 3. The number of carbonyl (C=O) groups is 2. The Balaban J connectivity index is 2.46. The number of nitriles is 1. The molecule has 7 heteroatoms. The van der Waals surface area contributed by atoms with Crippen LogP contribution in [0.25, 0.3) is 0 Å². The Kier molecular flexibility index (Phi) is 7.51. The minimum absolute atomic E-state index is 0.0464. The van der Waals surface area contributed by atoms with Gasteiger partial charge in [-0.2, -0.15) is 5.26 Å². The summed E-state index contributed by atoms with van der Waals surface area (Å²) in [6, 6.07) is 8.96. The molecule has 0 bridgehead atoms. The van der Waals surface area contributed by atoms with E-state index >= 15 is 0 Å². The van der Waals surface area contributed by atoms with E-state index in [9.17, 15) is 9.59 Å². The number of halogens is 1. The molecule has 0 atom stereocenters. The van der Waals surface area contributed by atoms with E-state index in [1.165, 1.54) is 13.1 Å². The maximum absolute atomic E-state index is 11.9. The molecule has 2 amide bonds. The molecule has 1 rings (SSSR count). The number of hydrogen-bond donors (Lipinski definition) is 3. The van der Waals surface area contributed by atoms with Crippen LogP contribution in [0.2, 0.25) is 5.02 Å². The van der Waals surface area contributed by atoms with Gasteiger partial charge in [0.25, 0.3) is 5.91 Å². The standard InChI is InChI=1S/C15H17ClN4O2/c1-11(21)19-7-6-18-9-13(8-17)15(22)20-10-12-4-2-3-5-14(12)16/h2-5,9,18H,6-7,10H2,1H3,(H,19,21)(H,20,22)/b13-9-. The van der Waals surface area contributed by atoms with Crippen LogP contribution in [-0.4, -0.2) is 24.9 Å². The summed E-state index contributed by atoms with van der Waals surface area (Å²) >= 11 is 5.99. The summed E-state index contributed by atoms with van der Waals surface area (Å²) in [4.78, 5) is 22.5. The van der Waals surface area contributed by atoms with Gasteiger partial charge in [-0.15, -0.1) is 0 Å². The highest BCUT2D eigenvalue weighted by molar-refractivity contribution is 6.31. The predicted octanol–water partition coefficient (Wildman–Crippen LogP) is 1.09. The molecule has 0 heterocycles. The second-order valence-corrected chi connectivity index (χ2v) is 4.79. The van der Waals surface area contributed by atoms with Crippen LogP contribution in [0.3, 0.4) is 0 Å². The molecule has 0 saturated heterocycles. The summed E-state index contributed by atoms with van der Waals surface area (Å²) < 4.78 is 0. The molecule has 0 aliphatic carbocycles. The van der Waals surface area contributed by atoms with Gasteiger partial charge in [-0.1, -0.05) is 29.8 Å². The minimum Gasteiger partial charge on any atom is -0.388 e. The first-order valence-corrected chi connectivity index (χ1v) is 7.02. The fourth-order valence-corrected chi connectivity index (χ4v) is 1.75. The van der Waals surface area contributed by atoms with E-state index in [0.29, 0.717) is 18.1 Å². The molecule has 0 aromatic heterocycles. The molecular formula is C15H17ClN4O2. The van der Waals surface area contributed by atoms with E-state index in [0.717, 1.165) is 5.56 Å². The molecule has 6 nitrogen and oxygen atoms in total. The van der Waals surface area contributed by atoms with Gasteiger partial charge < -0.3 is 16.0 Å². The molecule has 3 N–H and O–H groups in total. The highest BCUT2D eigenvalue weighted by atomic mass is 35.5. The van der Waals surface area contributed by atoms with Crippen molar-refractivity contribution in [2.24, 2.45) is 0 Å². The average Bonchev–Trinajstić information content (AvgIpc) is 2.49. The van der Waals surface area contributed by atoms with E-state index in [1.807, 2.05) is 12.1 Å². The van der Waals surface area contributed by atoms with Crippen LogP contribution in [0.15, 0.2) is 36.0 Å². The monoisotopic (exact) mass is 320 g/mol. The van der Waals surface area contributed by atoms with Crippen molar-refractivity contribution in [2.75, 3.05) is 13.1 Å². The topological polar surface area (TPSA) is 94.0 Å². The summed E-state index contributed by atoms with van der Waals surface area (Å²) in [7, 11) is 0. The van der Waals surface area contributed by atoms with Gasteiger partial charge in [0.2, 0.25) is 5.91 Å². The van der Waals surface area contributed by atoms with Gasteiger partial charge in [-0.3, -0.25) is 9.59 Å². The zero-order chi connectivity index (χ0) is 16.4. The highest BCUT2D eigenvalue weighted by Crippen LogP contribution is 2.14. The zero-order valence-corrected chi connectivity index (χ0v) is 12.9. The molecule has 1 aromatic rings. The third-order valence-electron chi connectivity index (χ3n) is 2.65. The fourth-order valence-electron chi connectivity index (χ4n) is 1.55. The van der Waals surface area contributed by atoms with Gasteiger partial charge in [0.15, 0.2) is 0 Å². The van der Waals surface area contributed by atoms with Crippen molar-refractivity contribution in [3.63, 3.8) is 0 Å². The number of carbonyl (C=O) groups excluding carboxylic acids is 2. The predicted molar refractivity (Wildman–Crippen MR) is 83.7 cm³/mol. The third-order valence-corrected chi connectivity index (χ3v) is 3.02. The SMILES string of the molecule is CC(=O)NCCN/C=C(/C#N)C(=O)NCc1ccccc1Cl. The number of nitrogens with zero attached hydrogens (tertiary/aromatic N) is 1. The average molecular weight is 321 g/mol.